The lowest BCUT2D eigenvalue weighted by Gasteiger charge is -2.09. The smallest absolute Gasteiger partial charge is 0.125 e. The van der Waals surface area contributed by atoms with E-state index >= 15 is 0 Å². The van der Waals surface area contributed by atoms with Crippen molar-refractivity contribution in [3.63, 3.8) is 0 Å². The minimum Gasteiger partial charge on any atom is -0.305 e. The fourth-order valence-electron chi connectivity index (χ4n) is 0.759. The molecule has 0 fully saturated rings. The van der Waals surface area contributed by atoms with Gasteiger partial charge in [0.05, 0.1) is 5.69 Å². The first-order chi connectivity index (χ1) is 5.24. The second-order valence-corrected chi connectivity index (χ2v) is 2.17. The van der Waals surface area contributed by atoms with E-state index < -0.39 is 0 Å². The Balaban J connectivity index is 2.98. The van der Waals surface area contributed by atoms with E-state index in [0.29, 0.717) is 5.69 Å². The van der Waals surface area contributed by atoms with E-state index in [1.54, 1.807) is 19.2 Å². The molecule has 1 aromatic rings. The molecule has 0 saturated carbocycles. The molecule has 2 heteroatoms. The summed E-state index contributed by atoms with van der Waals surface area (Å²) in [6, 6.07) is 8.52. The highest BCUT2D eigenvalue weighted by molar-refractivity contribution is 5.49. The average molecular weight is 149 g/mol. The minimum atomic E-state index is -0.274. The highest BCUT2D eigenvalue weighted by atomic mass is 19.1. The van der Waals surface area contributed by atoms with Crippen LogP contribution < -0.4 is 4.90 Å². The Labute approximate surface area is 65.5 Å². The monoisotopic (exact) mass is 149 g/mol. The van der Waals surface area contributed by atoms with E-state index in [1.807, 2.05) is 0 Å². The zero-order chi connectivity index (χ0) is 8.27. The van der Waals surface area contributed by atoms with Gasteiger partial charge in [-0.15, -0.1) is 0 Å². The molecule has 0 aliphatic heterocycles. The van der Waals surface area contributed by atoms with Gasteiger partial charge in [0.25, 0.3) is 0 Å². The van der Waals surface area contributed by atoms with Gasteiger partial charge in [-0.05, 0) is 18.2 Å². The van der Waals surface area contributed by atoms with Crippen molar-refractivity contribution < 1.29 is 4.39 Å². The molecule has 1 aromatic carbocycles. The molecule has 11 heavy (non-hydrogen) atoms. The Hall–Kier alpha value is -1.49. The van der Waals surface area contributed by atoms with Crippen molar-refractivity contribution in [3.05, 3.63) is 30.1 Å². The van der Waals surface area contributed by atoms with Crippen molar-refractivity contribution in [1.29, 1.82) is 0 Å². The van der Waals surface area contributed by atoms with Crippen LogP contribution in [0, 0.1) is 18.3 Å². The summed E-state index contributed by atoms with van der Waals surface area (Å²) in [6.07, 6.45) is 5.11. The van der Waals surface area contributed by atoms with Crippen LogP contribution in [0.25, 0.3) is 0 Å². The van der Waals surface area contributed by atoms with Crippen LogP contribution in [0.3, 0.4) is 0 Å². The van der Waals surface area contributed by atoms with Crippen molar-refractivity contribution in [2.24, 2.45) is 0 Å². The Morgan fingerprint density at radius 3 is 2.82 bits per heavy atom. The third-order valence-electron chi connectivity index (χ3n) is 1.39. The molecule has 0 aliphatic rings. The minimum absolute atomic E-state index is 0.274. The number of nitrogens with zero attached hydrogens (tertiary/aromatic N) is 1. The topological polar surface area (TPSA) is 3.24 Å². The maximum atomic E-state index is 12.6. The van der Waals surface area contributed by atoms with Crippen LogP contribution in [0.4, 0.5) is 10.1 Å². The SMILES string of the molecule is C#CN(C)c1cccc(F)c1. The fourth-order valence-corrected chi connectivity index (χ4v) is 0.759. The van der Waals surface area contributed by atoms with E-state index in [1.165, 1.54) is 17.0 Å². The molecule has 0 unspecified atom stereocenters. The van der Waals surface area contributed by atoms with E-state index in [-0.39, 0.29) is 5.82 Å². The number of benzene rings is 1. The maximum Gasteiger partial charge on any atom is 0.125 e. The zero-order valence-electron chi connectivity index (χ0n) is 6.21. The highest BCUT2D eigenvalue weighted by Gasteiger charge is 1.96. The number of rotatable bonds is 1. The van der Waals surface area contributed by atoms with Crippen LogP contribution >= 0.6 is 0 Å². The van der Waals surface area contributed by atoms with Crippen molar-refractivity contribution in [2.75, 3.05) is 11.9 Å². The molecule has 0 atom stereocenters. The van der Waals surface area contributed by atoms with Crippen molar-refractivity contribution >= 4 is 5.69 Å². The van der Waals surface area contributed by atoms with Gasteiger partial charge in [-0.1, -0.05) is 12.5 Å². The van der Waals surface area contributed by atoms with Crippen LogP contribution in [-0.2, 0) is 0 Å². The Kier molecular flexibility index (Phi) is 2.12. The van der Waals surface area contributed by atoms with Gasteiger partial charge in [-0.2, -0.15) is 0 Å². The Morgan fingerprint density at radius 2 is 2.27 bits per heavy atom. The molecule has 0 amide bonds. The Bertz CT molecular complexity index is 288. The first-order valence-corrected chi connectivity index (χ1v) is 3.19. The van der Waals surface area contributed by atoms with Crippen molar-refractivity contribution in [2.45, 2.75) is 0 Å². The molecule has 0 heterocycles. The van der Waals surface area contributed by atoms with Gasteiger partial charge in [0.15, 0.2) is 0 Å². The standard InChI is InChI=1S/C9H8FN/c1-3-11(2)9-6-4-5-8(10)7-9/h1,4-7H,2H3. The predicted octanol–water partition coefficient (Wildman–Crippen LogP) is 1.85. The summed E-state index contributed by atoms with van der Waals surface area (Å²) in [7, 11) is 1.70. The van der Waals surface area contributed by atoms with E-state index in [9.17, 15) is 4.39 Å². The Morgan fingerprint density at radius 1 is 1.55 bits per heavy atom. The third kappa shape index (κ3) is 1.71. The molecular formula is C9H8FN. The first-order valence-electron chi connectivity index (χ1n) is 3.19. The summed E-state index contributed by atoms with van der Waals surface area (Å²) in [4.78, 5) is 1.52. The molecule has 0 spiro atoms. The number of hydrogen-bond donors (Lipinski definition) is 0. The summed E-state index contributed by atoms with van der Waals surface area (Å²) in [5, 5.41) is 0. The summed E-state index contributed by atoms with van der Waals surface area (Å²) in [6.45, 7) is 0. The van der Waals surface area contributed by atoms with Gasteiger partial charge in [-0.3, -0.25) is 0 Å². The molecule has 0 bridgehead atoms. The predicted molar refractivity (Wildman–Crippen MR) is 43.6 cm³/mol. The number of anilines is 1. The van der Waals surface area contributed by atoms with Crippen LogP contribution in [-0.4, -0.2) is 7.05 Å². The van der Waals surface area contributed by atoms with Crippen molar-refractivity contribution in [1.82, 2.24) is 0 Å². The third-order valence-corrected chi connectivity index (χ3v) is 1.39. The summed E-state index contributed by atoms with van der Waals surface area (Å²) in [5.74, 6) is -0.274. The largest absolute Gasteiger partial charge is 0.305 e. The normalized spacial score (nSPS) is 8.82. The maximum absolute atomic E-state index is 12.6. The zero-order valence-corrected chi connectivity index (χ0v) is 6.21. The summed E-state index contributed by atoms with van der Waals surface area (Å²) in [5.41, 5.74) is 0.688. The quantitative estimate of drug-likeness (QED) is 0.435. The van der Waals surface area contributed by atoms with Crippen molar-refractivity contribution in [3.8, 4) is 12.5 Å². The summed E-state index contributed by atoms with van der Waals surface area (Å²) < 4.78 is 12.6. The average Bonchev–Trinajstić information content (AvgIpc) is 2.03. The molecule has 0 N–H and O–H groups in total. The molecule has 0 saturated heterocycles. The van der Waals surface area contributed by atoms with Crippen LogP contribution in [0.2, 0.25) is 0 Å². The van der Waals surface area contributed by atoms with Crippen LogP contribution in [0.15, 0.2) is 24.3 Å². The fraction of sp³-hybridized carbons (Fsp3) is 0.111. The van der Waals surface area contributed by atoms with Gasteiger partial charge in [0.2, 0.25) is 0 Å². The second-order valence-electron chi connectivity index (χ2n) is 2.17. The van der Waals surface area contributed by atoms with Crippen LogP contribution in [0.1, 0.15) is 0 Å². The lowest BCUT2D eigenvalue weighted by Crippen LogP contribution is -2.07. The van der Waals surface area contributed by atoms with Gasteiger partial charge >= 0.3 is 0 Å². The molecule has 1 rings (SSSR count). The number of hydrogen-bond acceptors (Lipinski definition) is 1. The second kappa shape index (κ2) is 3.07. The van der Waals surface area contributed by atoms with Gasteiger partial charge in [-0.25, -0.2) is 4.39 Å². The first kappa shape index (κ1) is 7.62. The lowest BCUT2D eigenvalue weighted by molar-refractivity contribution is 0.628. The number of halogens is 1. The molecule has 56 valence electrons. The molecule has 0 aromatic heterocycles. The number of terminal acetylenes is 1. The molecular weight excluding hydrogens is 141 g/mol. The van der Waals surface area contributed by atoms with Gasteiger partial charge in [0.1, 0.15) is 5.82 Å². The van der Waals surface area contributed by atoms with Gasteiger partial charge in [0, 0.05) is 13.1 Å². The van der Waals surface area contributed by atoms with Crippen LogP contribution in [0.5, 0.6) is 0 Å². The summed E-state index contributed by atoms with van der Waals surface area (Å²) >= 11 is 0. The molecule has 0 radical (unpaired) electrons. The lowest BCUT2D eigenvalue weighted by atomic mass is 10.3. The molecule has 1 nitrogen and oxygen atoms in total. The van der Waals surface area contributed by atoms with E-state index in [2.05, 4.69) is 6.04 Å². The van der Waals surface area contributed by atoms with E-state index in [4.69, 9.17) is 6.42 Å². The van der Waals surface area contributed by atoms with E-state index in [0.717, 1.165) is 0 Å². The highest BCUT2D eigenvalue weighted by Crippen LogP contribution is 2.12. The van der Waals surface area contributed by atoms with Gasteiger partial charge < -0.3 is 4.90 Å². The molecule has 0 aliphatic carbocycles.